The number of aromatic nitrogens is 2. The Hall–Kier alpha value is -3.91. The van der Waals surface area contributed by atoms with Crippen molar-refractivity contribution in [2.45, 2.75) is 25.8 Å². The molecule has 1 saturated heterocycles. The Bertz CT molecular complexity index is 1400. The van der Waals surface area contributed by atoms with Crippen LogP contribution in [0.15, 0.2) is 77.3 Å². The van der Waals surface area contributed by atoms with Crippen molar-refractivity contribution in [2.24, 2.45) is 0 Å². The lowest BCUT2D eigenvalue weighted by Gasteiger charge is -2.38. The van der Waals surface area contributed by atoms with Crippen molar-refractivity contribution in [2.75, 3.05) is 39.9 Å². The zero-order chi connectivity index (χ0) is 25.8. The lowest BCUT2D eigenvalue weighted by atomic mass is 10.1. The maximum atomic E-state index is 13.7. The van der Waals surface area contributed by atoms with Crippen molar-refractivity contribution in [3.05, 3.63) is 88.7 Å². The first-order chi connectivity index (χ1) is 18.1. The van der Waals surface area contributed by atoms with Gasteiger partial charge in [-0.05, 0) is 43.7 Å². The van der Waals surface area contributed by atoms with Crippen LogP contribution < -0.4 is 10.3 Å². The third kappa shape index (κ3) is 5.15. The van der Waals surface area contributed by atoms with E-state index in [2.05, 4.69) is 17.9 Å². The van der Waals surface area contributed by atoms with Gasteiger partial charge in [-0.25, -0.2) is 4.98 Å². The first kappa shape index (κ1) is 24.8. The summed E-state index contributed by atoms with van der Waals surface area (Å²) in [6.45, 7) is 4.66. The molecule has 3 aromatic rings. The van der Waals surface area contributed by atoms with E-state index in [4.69, 9.17) is 14.5 Å². The van der Waals surface area contributed by atoms with Crippen LogP contribution >= 0.6 is 0 Å². The molecule has 2 aliphatic rings. The second kappa shape index (κ2) is 11.0. The van der Waals surface area contributed by atoms with Crippen molar-refractivity contribution < 1.29 is 14.3 Å². The number of para-hydroxylation sites is 3. The summed E-state index contributed by atoms with van der Waals surface area (Å²) >= 11 is 0. The van der Waals surface area contributed by atoms with E-state index in [1.54, 1.807) is 17.7 Å². The highest BCUT2D eigenvalue weighted by Gasteiger charge is 2.29. The Kier molecular flexibility index (Phi) is 7.37. The molecule has 1 aliphatic heterocycles. The minimum atomic E-state index is -0.157. The molecule has 0 radical (unpaired) electrons. The van der Waals surface area contributed by atoms with E-state index in [-0.39, 0.29) is 24.1 Å². The summed E-state index contributed by atoms with van der Waals surface area (Å²) in [5, 5.41) is 0.559. The number of piperazine rings is 1. The first-order valence-corrected chi connectivity index (χ1v) is 12.7. The zero-order valence-electron chi connectivity index (χ0n) is 21.3. The molecule has 192 valence electrons. The lowest BCUT2D eigenvalue weighted by Crippen LogP contribution is -2.50. The van der Waals surface area contributed by atoms with Gasteiger partial charge in [-0.3, -0.25) is 19.1 Å². The molecule has 2 heterocycles. The van der Waals surface area contributed by atoms with Crippen LogP contribution in [0.1, 0.15) is 31.6 Å². The number of fused-ring (bicyclic) bond motifs is 1. The molecule has 37 heavy (non-hydrogen) atoms. The van der Waals surface area contributed by atoms with Crippen molar-refractivity contribution in [3.8, 4) is 11.4 Å². The predicted octanol–water partition coefficient (Wildman–Crippen LogP) is 3.85. The SMILES string of the molecule is COc1ccccc1-n1c(C(C)N2CCN(C(=O)COC3=CC=CCC3)CC2)nc2ccccc2c1=O. The van der Waals surface area contributed by atoms with Crippen molar-refractivity contribution in [1.82, 2.24) is 19.4 Å². The molecule has 1 amide bonds. The van der Waals surface area contributed by atoms with E-state index >= 15 is 0 Å². The van der Waals surface area contributed by atoms with Gasteiger partial charge >= 0.3 is 0 Å². The van der Waals surface area contributed by atoms with E-state index in [1.165, 1.54) is 0 Å². The highest BCUT2D eigenvalue weighted by atomic mass is 16.5. The number of nitrogens with zero attached hydrogens (tertiary/aromatic N) is 4. The van der Waals surface area contributed by atoms with Crippen LogP contribution in [0.25, 0.3) is 16.6 Å². The zero-order valence-corrected chi connectivity index (χ0v) is 21.3. The molecule has 8 nitrogen and oxygen atoms in total. The van der Waals surface area contributed by atoms with Crippen LogP contribution in [0.3, 0.4) is 0 Å². The molecule has 0 saturated carbocycles. The van der Waals surface area contributed by atoms with Crippen LogP contribution in [0.2, 0.25) is 0 Å². The van der Waals surface area contributed by atoms with Crippen LogP contribution in [0.5, 0.6) is 5.75 Å². The summed E-state index contributed by atoms with van der Waals surface area (Å²) in [5.41, 5.74) is 1.20. The molecule has 0 N–H and O–H groups in total. The van der Waals surface area contributed by atoms with Gasteiger partial charge in [0.15, 0.2) is 6.61 Å². The molecule has 0 bridgehead atoms. The Morgan fingerprint density at radius 1 is 1.05 bits per heavy atom. The normalized spacial score (nSPS) is 16.9. The third-order valence-electron chi connectivity index (χ3n) is 7.07. The number of methoxy groups -OCH3 is 1. The van der Waals surface area contributed by atoms with E-state index in [0.717, 1.165) is 18.6 Å². The van der Waals surface area contributed by atoms with Gasteiger partial charge in [-0.2, -0.15) is 0 Å². The standard InChI is InChI=1S/C29H32N4O4/c1-21(31-16-18-32(19-17-31)27(34)20-37-22-10-4-3-5-11-22)28-30-24-13-7-6-12-23(24)29(35)33(28)25-14-8-9-15-26(25)36-2/h3-4,6-10,12-15,21H,5,11,16-20H2,1-2H3. The summed E-state index contributed by atoms with van der Waals surface area (Å²) in [6, 6.07) is 14.7. The maximum Gasteiger partial charge on any atom is 0.266 e. The number of ether oxygens (including phenoxy) is 2. The topological polar surface area (TPSA) is 76.9 Å². The number of allylic oxidation sites excluding steroid dienone is 4. The monoisotopic (exact) mass is 500 g/mol. The van der Waals surface area contributed by atoms with Gasteiger partial charge in [-0.15, -0.1) is 0 Å². The Morgan fingerprint density at radius 2 is 1.81 bits per heavy atom. The third-order valence-corrected chi connectivity index (χ3v) is 7.07. The highest BCUT2D eigenvalue weighted by Crippen LogP contribution is 2.28. The van der Waals surface area contributed by atoms with Gasteiger partial charge in [0, 0.05) is 32.6 Å². The Balaban J connectivity index is 1.37. The molecule has 1 unspecified atom stereocenters. The largest absolute Gasteiger partial charge is 0.495 e. The van der Waals surface area contributed by atoms with Crippen LogP contribution in [0.4, 0.5) is 0 Å². The average Bonchev–Trinajstić information content (AvgIpc) is 2.96. The van der Waals surface area contributed by atoms with Gasteiger partial charge < -0.3 is 14.4 Å². The van der Waals surface area contributed by atoms with Gasteiger partial charge in [0.25, 0.3) is 11.5 Å². The fourth-order valence-electron chi connectivity index (χ4n) is 4.95. The van der Waals surface area contributed by atoms with Crippen LogP contribution in [0, 0.1) is 0 Å². The molecule has 1 aromatic heterocycles. The highest BCUT2D eigenvalue weighted by molar-refractivity contribution is 5.78. The second-order valence-corrected chi connectivity index (χ2v) is 9.28. The van der Waals surface area contributed by atoms with E-state index in [9.17, 15) is 9.59 Å². The van der Waals surface area contributed by atoms with E-state index in [1.807, 2.05) is 59.5 Å². The van der Waals surface area contributed by atoms with Gasteiger partial charge in [0.05, 0.1) is 35.5 Å². The Morgan fingerprint density at radius 3 is 2.57 bits per heavy atom. The van der Waals surface area contributed by atoms with Crippen molar-refractivity contribution >= 4 is 16.8 Å². The fourth-order valence-corrected chi connectivity index (χ4v) is 4.95. The van der Waals surface area contributed by atoms with Gasteiger partial charge in [0.2, 0.25) is 0 Å². The summed E-state index contributed by atoms with van der Waals surface area (Å²) < 4.78 is 13.0. The molecule has 5 rings (SSSR count). The number of hydrogen-bond donors (Lipinski definition) is 0. The number of carbonyl (C=O) groups is 1. The smallest absolute Gasteiger partial charge is 0.266 e. The van der Waals surface area contributed by atoms with Crippen LogP contribution in [-0.4, -0.2) is 65.2 Å². The minimum Gasteiger partial charge on any atom is -0.495 e. The number of benzene rings is 2. The molecule has 1 fully saturated rings. The summed E-state index contributed by atoms with van der Waals surface area (Å²) in [5.74, 6) is 2.11. The molecular weight excluding hydrogens is 468 g/mol. The van der Waals surface area contributed by atoms with Crippen molar-refractivity contribution in [1.29, 1.82) is 0 Å². The summed E-state index contributed by atoms with van der Waals surface area (Å²) in [6.07, 6.45) is 7.76. The van der Waals surface area contributed by atoms with Crippen molar-refractivity contribution in [3.63, 3.8) is 0 Å². The quantitative estimate of drug-likeness (QED) is 0.491. The van der Waals surface area contributed by atoms with E-state index in [0.29, 0.717) is 54.3 Å². The van der Waals surface area contributed by atoms with Gasteiger partial charge in [-0.1, -0.05) is 36.4 Å². The number of hydrogen-bond acceptors (Lipinski definition) is 6. The minimum absolute atomic E-state index is 0.00230. The summed E-state index contributed by atoms with van der Waals surface area (Å²) in [7, 11) is 1.60. The predicted molar refractivity (Wildman–Crippen MR) is 143 cm³/mol. The maximum absolute atomic E-state index is 13.7. The number of amides is 1. The fraction of sp³-hybridized carbons (Fsp3) is 0.345. The second-order valence-electron chi connectivity index (χ2n) is 9.28. The molecule has 0 spiro atoms. The molecule has 1 atom stereocenters. The first-order valence-electron chi connectivity index (χ1n) is 12.7. The molecule has 1 aliphatic carbocycles. The number of carbonyl (C=O) groups excluding carboxylic acids is 1. The lowest BCUT2D eigenvalue weighted by molar-refractivity contribution is -0.137. The van der Waals surface area contributed by atoms with Crippen LogP contribution in [-0.2, 0) is 9.53 Å². The number of rotatable bonds is 7. The average molecular weight is 501 g/mol. The molecule has 2 aromatic carbocycles. The summed E-state index contributed by atoms with van der Waals surface area (Å²) in [4.78, 5) is 35.5. The van der Waals surface area contributed by atoms with E-state index < -0.39 is 0 Å². The molecule has 8 heteroatoms. The Labute approximate surface area is 216 Å². The van der Waals surface area contributed by atoms with Gasteiger partial charge in [0.1, 0.15) is 11.6 Å². The molecular formula is C29H32N4O4.